The number of imide groups is 1. The quantitative estimate of drug-likeness (QED) is 0.892. The van der Waals surface area contributed by atoms with Crippen LogP contribution >= 0.6 is 0 Å². The second-order valence-corrected chi connectivity index (χ2v) is 3.47. The number of methoxy groups -OCH3 is 2. The predicted octanol–water partition coefficient (Wildman–Crippen LogP) is 1.91. The number of urea groups is 1. The van der Waals surface area contributed by atoms with Gasteiger partial charge in [-0.2, -0.15) is 13.2 Å². The molecule has 0 unspecified atom stereocenters. The van der Waals surface area contributed by atoms with E-state index in [1.54, 1.807) is 0 Å². The standard InChI is InChI=1S/C11H11F3N2O4/c1-19-6-3-4-7(8(5-6)20-2)15-10(18)16-9(17)11(12,13)14/h3-5H,1-2H3,(H2,15,16,17,18). The molecule has 0 radical (unpaired) electrons. The molecular weight excluding hydrogens is 281 g/mol. The molecule has 1 rings (SSSR count). The van der Waals surface area contributed by atoms with Crippen molar-refractivity contribution in [3.63, 3.8) is 0 Å². The topological polar surface area (TPSA) is 76.7 Å². The lowest BCUT2D eigenvalue weighted by Gasteiger charge is -2.12. The van der Waals surface area contributed by atoms with E-state index in [1.165, 1.54) is 32.4 Å². The van der Waals surface area contributed by atoms with Crippen molar-refractivity contribution in [2.24, 2.45) is 0 Å². The highest BCUT2D eigenvalue weighted by molar-refractivity contribution is 6.03. The molecule has 1 aromatic carbocycles. The van der Waals surface area contributed by atoms with E-state index in [0.29, 0.717) is 5.75 Å². The summed E-state index contributed by atoms with van der Waals surface area (Å²) in [7, 11) is 2.72. The Morgan fingerprint density at radius 3 is 2.30 bits per heavy atom. The Hall–Kier alpha value is -2.45. The predicted molar refractivity (Wildman–Crippen MR) is 62.8 cm³/mol. The van der Waals surface area contributed by atoms with Crippen LogP contribution in [0.1, 0.15) is 0 Å². The van der Waals surface area contributed by atoms with Crippen LogP contribution in [0.15, 0.2) is 18.2 Å². The molecule has 0 bridgehead atoms. The lowest BCUT2D eigenvalue weighted by atomic mass is 10.2. The summed E-state index contributed by atoms with van der Waals surface area (Å²) >= 11 is 0. The number of hydrogen-bond donors (Lipinski definition) is 2. The Labute approximate surface area is 111 Å². The molecule has 110 valence electrons. The maximum Gasteiger partial charge on any atom is 0.471 e. The zero-order valence-corrected chi connectivity index (χ0v) is 10.5. The number of amides is 3. The number of benzene rings is 1. The third-order valence-corrected chi connectivity index (χ3v) is 2.14. The fraction of sp³-hybridized carbons (Fsp3) is 0.273. The number of rotatable bonds is 3. The molecule has 0 spiro atoms. The number of alkyl halides is 3. The fourth-order valence-electron chi connectivity index (χ4n) is 1.23. The Balaban J connectivity index is 2.78. The summed E-state index contributed by atoms with van der Waals surface area (Å²) in [6, 6.07) is 2.91. The SMILES string of the molecule is COc1ccc(NC(=O)NC(=O)C(F)(F)F)c(OC)c1. The first-order valence-electron chi connectivity index (χ1n) is 5.19. The van der Waals surface area contributed by atoms with Gasteiger partial charge in [-0.3, -0.25) is 10.1 Å². The zero-order valence-electron chi connectivity index (χ0n) is 10.5. The Bertz CT molecular complexity index is 517. The van der Waals surface area contributed by atoms with Gasteiger partial charge in [-0.1, -0.05) is 0 Å². The molecule has 2 N–H and O–H groups in total. The summed E-state index contributed by atoms with van der Waals surface area (Å²) in [6.07, 6.45) is -5.14. The number of halogens is 3. The number of carbonyl (C=O) groups excluding carboxylic acids is 2. The van der Waals surface area contributed by atoms with Gasteiger partial charge in [-0.15, -0.1) is 0 Å². The number of nitrogens with one attached hydrogen (secondary N) is 2. The van der Waals surface area contributed by atoms with Crippen LogP contribution in [0.25, 0.3) is 0 Å². The highest BCUT2D eigenvalue weighted by Gasteiger charge is 2.39. The Kier molecular flexibility index (Phi) is 4.78. The summed E-state index contributed by atoms with van der Waals surface area (Å²) < 4.78 is 45.7. The van der Waals surface area contributed by atoms with Gasteiger partial charge in [0.1, 0.15) is 11.5 Å². The second kappa shape index (κ2) is 6.13. The van der Waals surface area contributed by atoms with E-state index in [1.807, 2.05) is 0 Å². The van der Waals surface area contributed by atoms with E-state index in [2.05, 4.69) is 5.32 Å². The van der Waals surface area contributed by atoms with Gasteiger partial charge >= 0.3 is 18.1 Å². The molecule has 0 aliphatic rings. The number of ether oxygens (including phenoxy) is 2. The van der Waals surface area contributed by atoms with Crippen molar-refractivity contribution in [3.05, 3.63) is 18.2 Å². The molecular formula is C11H11F3N2O4. The van der Waals surface area contributed by atoms with Crippen LogP contribution in [0, 0.1) is 0 Å². The summed E-state index contributed by atoms with van der Waals surface area (Å²) in [5.74, 6) is -1.76. The van der Waals surface area contributed by atoms with Crippen LogP contribution in [0.3, 0.4) is 0 Å². The van der Waals surface area contributed by atoms with Crippen molar-refractivity contribution >= 4 is 17.6 Å². The van der Waals surface area contributed by atoms with Crippen LogP contribution in [0.4, 0.5) is 23.7 Å². The highest BCUT2D eigenvalue weighted by atomic mass is 19.4. The van der Waals surface area contributed by atoms with Gasteiger partial charge < -0.3 is 14.8 Å². The molecule has 1 aromatic rings. The smallest absolute Gasteiger partial charge is 0.471 e. The van der Waals surface area contributed by atoms with Crippen molar-refractivity contribution in [2.45, 2.75) is 6.18 Å². The third-order valence-electron chi connectivity index (χ3n) is 2.14. The first kappa shape index (κ1) is 15.6. The summed E-state index contributed by atoms with van der Waals surface area (Å²) in [4.78, 5) is 21.8. The molecule has 3 amide bonds. The number of carbonyl (C=O) groups is 2. The van der Waals surface area contributed by atoms with Crippen molar-refractivity contribution in [2.75, 3.05) is 19.5 Å². The first-order valence-corrected chi connectivity index (χ1v) is 5.19. The molecule has 0 atom stereocenters. The van der Waals surface area contributed by atoms with E-state index in [0.717, 1.165) is 5.32 Å². The second-order valence-electron chi connectivity index (χ2n) is 3.47. The van der Waals surface area contributed by atoms with Crippen LogP contribution in [0.5, 0.6) is 11.5 Å². The molecule has 0 aromatic heterocycles. The van der Waals surface area contributed by atoms with Gasteiger partial charge in [-0.05, 0) is 12.1 Å². The lowest BCUT2D eigenvalue weighted by Crippen LogP contribution is -2.42. The lowest BCUT2D eigenvalue weighted by molar-refractivity contribution is -0.172. The van der Waals surface area contributed by atoms with Crippen LogP contribution < -0.4 is 20.1 Å². The molecule has 0 aliphatic heterocycles. The van der Waals surface area contributed by atoms with Gasteiger partial charge in [-0.25, -0.2) is 4.79 Å². The van der Waals surface area contributed by atoms with E-state index >= 15 is 0 Å². The maximum atomic E-state index is 12.0. The Morgan fingerprint density at radius 1 is 1.15 bits per heavy atom. The van der Waals surface area contributed by atoms with Crippen molar-refractivity contribution in [1.29, 1.82) is 0 Å². The molecule has 0 saturated carbocycles. The average Bonchev–Trinajstić information content (AvgIpc) is 2.37. The Morgan fingerprint density at radius 2 is 1.80 bits per heavy atom. The minimum Gasteiger partial charge on any atom is -0.497 e. The van der Waals surface area contributed by atoms with Crippen LogP contribution in [-0.2, 0) is 4.79 Å². The monoisotopic (exact) mass is 292 g/mol. The maximum absolute atomic E-state index is 12.0. The third kappa shape index (κ3) is 4.04. The minimum absolute atomic E-state index is 0.0841. The molecule has 0 heterocycles. The summed E-state index contributed by atoms with van der Waals surface area (Å²) in [5.41, 5.74) is 0.0841. The first-order chi connectivity index (χ1) is 9.27. The van der Waals surface area contributed by atoms with Crippen LogP contribution in [-0.4, -0.2) is 32.3 Å². The molecule has 6 nitrogen and oxygen atoms in total. The van der Waals surface area contributed by atoms with E-state index in [4.69, 9.17) is 9.47 Å². The van der Waals surface area contributed by atoms with Gasteiger partial charge in [0.15, 0.2) is 0 Å². The molecule has 20 heavy (non-hydrogen) atoms. The van der Waals surface area contributed by atoms with E-state index in [-0.39, 0.29) is 11.4 Å². The summed E-state index contributed by atoms with van der Waals surface area (Å²) in [6.45, 7) is 0. The minimum atomic E-state index is -5.14. The zero-order chi connectivity index (χ0) is 15.3. The van der Waals surface area contributed by atoms with Crippen molar-refractivity contribution < 1.29 is 32.2 Å². The average molecular weight is 292 g/mol. The molecule has 0 saturated heterocycles. The van der Waals surface area contributed by atoms with Gasteiger partial charge in [0.25, 0.3) is 0 Å². The van der Waals surface area contributed by atoms with E-state index in [9.17, 15) is 22.8 Å². The normalized spacial score (nSPS) is 10.7. The summed E-state index contributed by atoms with van der Waals surface area (Å²) in [5, 5.41) is 3.21. The van der Waals surface area contributed by atoms with Gasteiger partial charge in [0, 0.05) is 6.07 Å². The fourth-order valence-corrected chi connectivity index (χ4v) is 1.23. The van der Waals surface area contributed by atoms with Gasteiger partial charge in [0.2, 0.25) is 0 Å². The largest absolute Gasteiger partial charge is 0.497 e. The number of hydrogen-bond acceptors (Lipinski definition) is 4. The number of anilines is 1. The molecule has 0 aliphatic carbocycles. The van der Waals surface area contributed by atoms with Crippen LogP contribution in [0.2, 0.25) is 0 Å². The van der Waals surface area contributed by atoms with Gasteiger partial charge in [0.05, 0.1) is 19.9 Å². The van der Waals surface area contributed by atoms with E-state index < -0.39 is 18.1 Å². The molecule has 0 fully saturated rings. The molecule has 9 heteroatoms. The van der Waals surface area contributed by atoms with Crippen molar-refractivity contribution in [3.8, 4) is 11.5 Å². The van der Waals surface area contributed by atoms with Crippen molar-refractivity contribution in [1.82, 2.24) is 5.32 Å². The highest BCUT2D eigenvalue weighted by Crippen LogP contribution is 2.28.